The molecule has 1 rings (SSSR count). The molecule has 0 bridgehead atoms. The molecule has 0 atom stereocenters. The molecule has 1 heterocycles. The highest BCUT2D eigenvalue weighted by atomic mass is 16.5. The molecule has 0 aromatic rings. The van der Waals surface area contributed by atoms with E-state index in [2.05, 4.69) is 10.2 Å². The molecule has 0 aliphatic carbocycles. The average Bonchev–Trinajstić information content (AvgIpc) is 2.25. The summed E-state index contributed by atoms with van der Waals surface area (Å²) in [5.74, 6) is -0.260. The minimum Gasteiger partial charge on any atom is -0.383 e. The van der Waals surface area contributed by atoms with E-state index < -0.39 is 0 Å². The van der Waals surface area contributed by atoms with Gasteiger partial charge in [0.25, 0.3) is 0 Å². The first-order valence-corrected chi connectivity index (χ1v) is 5.46. The molecular formula is C10H21N3O2. The molecule has 15 heavy (non-hydrogen) atoms. The molecule has 0 aromatic heterocycles. The van der Waals surface area contributed by atoms with Gasteiger partial charge in [0.2, 0.25) is 5.91 Å². The Morgan fingerprint density at radius 1 is 1.53 bits per heavy atom. The SMILES string of the molecule is COCCN(CC(N)=O)C1CCNCC1. The van der Waals surface area contributed by atoms with E-state index in [1.54, 1.807) is 7.11 Å². The molecular weight excluding hydrogens is 194 g/mol. The van der Waals surface area contributed by atoms with E-state index in [0.717, 1.165) is 32.5 Å². The van der Waals surface area contributed by atoms with Gasteiger partial charge in [-0.15, -0.1) is 0 Å². The molecule has 0 spiro atoms. The monoisotopic (exact) mass is 215 g/mol. The van der Waals surface area contributed by atoms with Crippen molar-refractivity contribution in [1.82, 2.24) is 10.2 Å². The minimum atomic E-state index is -0.260. The Labute approximate surface area is 90.9 Å². The number of carbonyl (C=O) groups excluding carboxylic acids is 1. The highest BCUT2D eigenvalue weighted by Crippen LogP contribution is 2.10. The second-order valence-corrected chi connectivity index (χ2v) is 3.91. The van der Waals surface area contributed by atoms with E-state index in [4.69, 9.17) is 10.5 Å². The molecule has 3 N–H and O–H groups in total. The highest BCUT2D eigenvalue weighted by Gasteiger charge is 2.21. The van der Waals surface area contributed by atoms with E-state index in [1.165, 1.54) is 0 Å². The number of nitrogens with one attached hydrogen (secondary N) is 1. The maximum Gasteiger partial charge on any atom is 0.231 e. The van der Waals surface area contributed by atoms with Gasteiger partial charge in [0.05, 0.1) is 13.2 Å². The lowest BCUT2D eigenvalue weighted by atomic mass is 10.0. The number of piperidine rings is 1. The third kappa shape index (κ3) is 4.59. The maximum absolute atomic E-state index is 10.9. The van der Waals surface area contributed by atoms with Crippen LogP contribution < -0.4 is 11.1 Å². The van der Waals surface area contributed by atoms with Crippen LogP contribution in [0.15, 0.2) is 0 Å². The molecule has 1 aliphatic heterocycles. The molecule has 5 nitrogen and oxygen atoms in total. The molecule has 88 valence electrons. The van der Waals surface area contributed by atoms with Crippen LogP contribution in [-0.2, 0) is 9.53 Å². The molecule has 1 amide bonds. The summed E-state index contributed by atoms with van der Waals surface area (Å²) in [4.78, 5) is 13.1. The summed E-state index contributed by atoms with van der Waals surface area (Å²) < 4.78 is 5.04. The topological polar surface area (TPSA) is 67.6 Å². The van der Waals surface area contributed by atoms with Gasteiger partial charge in [-0.3, -0.25) is 9.69 Å². The number of rotatable bonds is 6. The van der Waals surface area contributed by atoms with Crippen molar-refractivity contribution < 1.29 is 9.53 Å². The first-order chi connectivity index (χ1) is 7.24. The normalized spacial score (nSPS) is 18.3. The number of nitrogens with two attached hydrogens (primary N) is 1. The smallest absolute Gasteiger partial charge is 0.231 e. The quantitative estimate of drug-likeness (QED) is 0.607. The first-order valence-electron chi connectivity index (χ1n) is 5.46. The lowest BCUT2D eigenvalue weighted by molar-refractivity contribution is -0.120. The minimum absolute atomic E-state index is 0.260. The molecule has 1 saturated heterocycles. The van der Waals surface area contributed by atoms with Crippen LogP contribution in [0.4, 0.5) is 0 Å². The Kier molecular flexibility index (Phi) is 5.60. The fraction of sp³-hybridized carbons (Fsp3) is 0.900. The molecule has 0 aromatic carbocycles. The van der Waals surface area contributed by atoms with Crippen LogP contribution in [0, 0.1) is 0 Å². The van der Waals surface area contributed by atoms with Crippen molar-refractivity contribution in [3.8, 4) is 0 Å². The summed E-state index contributed by atoms with van der Waals surface area (Å²) in [6, 6.07) is 0.467. The summed E-state index contributed by atoms with van der Waals surface area (Å²) in [7, 11) is 1.67. The lowest BCUT2D eigenvalue weighted by Crippen LogP contribution is -2.47. The van der Waals surface area contributed by atoms with Gasteiger partial charge in [0.1, 0.15) is 0 Å². The van der Waals surface area contributed by atoms with Crippen LogP contribution in [-0.4, -0.2) is 56.7 Å². The van der Waals surface area contributed by atoms with E-state index in [0.29, 0.717) is 19.2 Å². The van der Waals surface area contributed by atoms with Crippen molar-refractivity contribution in [3.63, 3.8) is 0 Å². The Balaban J connectivity index is 2.41. The van der Waals surface area contributed by atoms with Crippen molar-refractivity contribution in [2.24, 2.45) is 5.73 Å². The first kappa shape index (κ1) is 12.4. The van der Waals surface area contributed by atoms with Crippen molar-refractivity contribution in [1.29, 1.82) is 0 Å². The van der Waals surface area contributed by atoms with Crippen molar-refractivity contribution in [2.45, 2.75) is 18.9 Å². The number of hydrogen-bond acceptors (Lipinski definition) is 4. The van der Waals surface area contributed by atoms with Crippen molar-refractivity contribution in [2.75, 3.05) is 39.9 Å². The van der Waals surface area contributed by atoms with Gasteiger partial charge in [0, 0.05) is 19.7 Å². The van der Waals surface area contributed by atoms with Crippen molar-refractivity contribution in [3.05, 3.63) is 0 Å². The van der Waals surface area contributed by atoms with Gasteiger partial charge in [-0.25, -0.2) is 0 Å². The largest absolute Gasteiger partial charge is 0.383 e. The summed E-state index contributed by atoms with van der Waals surface area (Å²) in [6.07, 6.45) is 2.16. The van der Waals surface area contributed by atoms with E-state index in [9.17, 15) is 4.79 Å². The predicted octanol–water partition coefficient (Wildman–Crippen LogP) is -0.828. The number of methoxy groups -OCH3 is 1. The third-order valence-electron chi connectivity index (χ3n) is 2.77. The predicted molar refractivity (Wildman–Crippen MR) is 58.5 cm³/mol. The fourth-order valence-electron chi connectivity index (χ4n) is 1.97. The number of amides is 1. The van der Waals surface area contributed by atoms with Crippen molar-refractivity contribution >= 4 is 5.91 Å². The Hall–Kier alpha value is -0.650. The molecule has 1 aliphatic rings. The Morgan fingerprint density at radius 2 is 2.20 bits per heavy atom. The zero-order valence-electron chi connectivity index (χ0n) is 9.37. The van der Waals surface area contributed by atoms with E-state index in [-0.39, 0.29) is 5.91 Å². The standard InChI is InChI=1S/C10H21N3O2/c1-15-7-6-13(8-10(11)14)9-2-4-12-5-3-9/h9,12H,2-8H2,1H3,(H2,11,14). The van der Waals surface area contributed by atoms with Crippen LogP contribution in [0.1, 0.15) is 12.8 Å². The van der Waals surface area contributed by atoms with Crippen LogP contribution >= 0.6 is 0 Å². The summed E-state index contributed by atoms with van der Waals surface area (Å²) in [5.41, 5.74) is 5.23. The van der Waals surface area contributed by atoms with Crippen LogP contribution in [0.25, 0.3) is 0 Å². The summed E-state index contributed by atoms with van der Waals surface area (Å²) in [6.45, 7) is 3.81. The molecule has 1 fully saturated rings. The van der Waals surface area contributed by atoms with Crippen LogP contribution in [0.3, 0.4) is 0 Å². The zero-order chi connectivity index (χ0) is 11.1. The maximum atomic E-state index is 10.9. The number of primary amides is 1. The number of nitrogens with zero attached hydrogens (tertiary/aromatic N) is 1. The second kappa shape index (κ2) is 6.76. The Bertz CT molecular complexity index is 193. The zero-order valence-corrected chi connectivity index (χ0v) is 9.37. The van der Waals surface area contributed by atoms with E-state index in [1.807, 2.05) is 0 Å². The number of ether oxygens (including phenoxy) is 1. The number of carbonyl (C=O) groups is 1. The summed E-state index contributed by atoms with van der Waals surface area (Å²) >= 11 is 0. The van der Waals surface area contributed by atoms with Gasteiger partial charge in [-0.1, -0.05) is 0 Å². The average molecular weight is 215 g/mol. The molecule has 0 saturated carbocycles. The molecule has 5 heteroatoms. The summed E-state index contributed by atoms with van der Waals surface area (Å²) in [5, 5.41) is 3.30. The molecule has 0 unspecified atom stereocenters. The fourth-order valence-corrected chi connectivity index (χ4v) is 1.97. The highest BCUT2D eigenvalue weighted by molar-refractivity contribution is 5.75. The van der Waals surface area contributed by atoms with Gasteiger partial charge in [-0.05, 0) is 25.9 Å². The second-order valence-electron chi connectivity index (χ2n) is 3.91. The lowest BCUT2D eigenvalue weighted by Gasteiger charge is -2.33. The van der Waals surface area contributed by atoms with Crippen LogP contribution in [0.2, 0.25) is 0 Å². The van der Waals surface area contributed by atoms with Crippen LogP contribution in [0.5, 0.6) is 0 Å². The third-order valence-corrected chi connectivity index (χ3v) is 2.77. The van der Waals surface area contributed by atoms with Gasteiger partial charge in [0.15, 0.2) is 0 Å². The van der Waals surface area contributed by atoms with Gasteiger partial charge < -0.3 is 15.8 Å². The Morgan fingerprint density at radius 3 is 2.73 bits per heavy atom. The number of hydrogen-bond donors (Lipinski definition) is 2. The van der Waals surface area contributed by atoms with Gasteiger partial charge >= 0.3 is 0 Å². The van der Waals surface area contributed by atoms with Gasteiger partial charge in [-0.2, -0.15) is 0 Å². The van der Waals surface area contributed by atoms with E-state index >= 15 is 0 Å². The molecule has 0 radical (unpaired) electrons.